The molecule has 0 bridgehead atoms. The third kappa shape index (κ3) is 4.09. The number of benzene rings is 1. The SMILES string of the molecule is CSc1ccc(/C=C/C(=O)NCC(O)(c2cccs2)C2CC2)cc1. The molecule has 2 aromatic rings. The second-order valence-corrected chi connectivity index (χ2v) is 7.83. The number of carbonyl (C=O) groups excluding carboxylic acids is 1. The number of amides is 1. The lowest BCUT2D eigenvalue weighted by Gasteiger charge is -2.27. The summed E-state index contributed by atoms with van der Waals surface area (Å²) in [5, 5.41) is 15.8. The quantitative estimate of drug-likeness (QED) is 0.582. The third-order valence-corrected chi connectivity index (χ3v) is 6.06. The summed E-state index contributed by atoms with van der Waals surface area (Å²) in [4.78, 5) is 14.2. The number of carbonyl (C=O) groups is 1. The summed E-state index contributed by atoms with van der Waals surface area (Å²) in [6, 6.07) is 11.9. The van der Waals surface area contributed by atoms with Gasteiger partial charge in [0.05, 0.1) is 6.54 Å². The Labute approximate surface area is 150 Å². The predicted molar refractivity (Wildman–Crippen MR) is 101 cm³/mol. The summed E-state index contributed by atoms with van der Waals surface area (Å²) in [6.45, 7) is 0.257. The summed E-state index contributed by atoms with van der Waals surface area (Å²) >= 11 is 3.23. The van der Waals surface area contributed by atoms with Crippen molar-refractivity contribution in [2.45, 2.75) is 23.3 Å². The number of nitrogens with one attached hydrogen (secondary N) is 1. The Hall–Kier alpha value is -1.56. The lowest BCUT2D eigenvalue weighted by atomic mass is 9.95. The smallest absolute Gasteiger partial charge is 0.244 e. The summed E-state index contributed by atoms with van der Waals surface area (Å²) in [5.74, 6) is 0.0686. The molecule has 126 valence electrons. The van der Waals surface area contributed by atoms with Crippen LogP contribution in [0.15, 0.2) is 52.7 Å². The first kappa shape index (κ1) is 17.3. The molecule has 0 saturated heterocycles. The molecule has 1 unspecified atom stereocenters. The van der Waals surface area contributed by atoms with Gasteiger partial charge >= 0.3 is 0 Å². The van der Waals surface area contributed by atoms with Crippen molar-refractivity contribution in [3.63, 3.8) is 0 Å². The van der Waals surface area contributed by atoms with Crippen LogP contribution >= 0.6 is 23.1 Å². The molecule has 0 aliphatic heterocycles. The van der Waals surface area contributed by atoms with E-state index >= 15 is 0 Å². The molecular weight excluding hydrogens is 338 g/mol. The van der Waals surface area contributed by atoms with E-state index in [1.165, 1.54) is 11.0 Å². The molecule has 1 amide bonds. The molecule has 1 atom stereocenters. The van der Waals surface area contributed by atoms with Gasteiger partial charge in [0.25, 0.3) is 0 Å². The van der Waals surface area contributed by atoms with Gasteiger partial charge in [-0.05, 0) is 60.2 Å². The van der Waals surface area contributed by atoms with Crippen molar-refractivity contribution in [2.75, 3.05) is 12.8 Å². The molecule has 1 aliphatic rings. The molecule has 24 heavy (non-hydrogen) atoms. The van der Waals surface area contributed by atoms with Crippen LogP contribution in [-0.2, 0) is 10.4 Å². The highest BCUT2D eigenvalue weighted by atomic mass is 32.2. The Balaban J connectivity index is 1.59. The normalized spacial score (nSPS) is 16.9. The number of hydrogen-bond acceptors (Lipinski definition) is 4. The van der Waals surface area contributed by atoms with E-state index in [-0.39, 0.29) is 18.4 Å². The van der Waals surface area contributed by atoms with Gasteiger partial charge in [0.2, 0.25) is 5.91 Å². The van der Waals surface area contributed by atoms with Crippen LogP contribution in [0, 0.1) is 5.92 Å². The second kappa shape index (κ2) is 7.55. The fourth-order valence-corrected chi connectivity index (χ4v) is 4.00. The van der Waals surface area contributed by atoms with Gasteiger partial charge < -0.3 is 10.4 Å². The van der Waals surface area contributed by atoms with Crippen LogP contribution in [0.4, 0.5) is 0 Å². The van der Waals surface area contributed by atoms with Gasteiger partial charge in [-0.3, -0.25) is 4.79 Å². The molecule has 1 aliphatic carbocycles. The van der Waals surface area contributed by atoms with Gasteiger partial charge in [-0.15, -0.1) is 23.1 Å². The van der Waals surface area contributed by atoms with E-state index < -0.39 is 5.60 Å². The van der Waals surface area contributed by atoms with E-state index in [4.69, 9.17) is 0 Å². The van der Waals surface area contributed by atoms with Crippen LogP contribution in [0.5, 0.6) is 0 Å². The lowest BCUT2D eigenvalue weighted by Crippen LogP contribution is -2.41. The van der Waals surface area contributed by atoms with Crippen molar-refractivity contribution in [2.24, 2.45) is 5.92 Å². The van der Waals surface area contributed by atoms with Gasteiger partial charge in [-0.2, -0.15) is 0 Å². The number of thiophene rings is 1. The molecule has 3 rings (SSSR count). The van der Waals surface area contributed by atoms with Crippen LogP contribution in [-0.4, -0.2) is 23.8 Å². The second-order valence-electron chi connectivity index (χ2n) is 6.00. The average molecular weight is 360 g/mol. The molecule has 1 aromatic heterocycles. The van der Waals surface area contributed by atoms with E-state index in [9.17, 15) is 9.90 Å². The summed E-state index contributed by atoms with van der Waals surface area (Å²) in [7, 11) is 0. The van der Waals surface area contributed by atoms with E-state index in [0.717, 1.165) is 23.3 Å². The fourth-order valence-electron chi connectivity index (χ4n) is 2.69. The number of rotatable bonds is 7. The zero-order valence-electron chi connectivity index (χ0n) is 13.6. The lowest BCUT2D eigenvalue weighted by molar-refractivity contribution is -0.118. The van der Waals surface area contributed by atoms with Gasteiger partial charge in [0.1, 0.15) is 5.60 Å². The minimum Gasteiger partial charge on any atom is -0.382 e. The van der Waals surface area contributed by atoms with Crippen molar-refractivity contribution in [1.82, 2.24) is 5.32 Å². The molecule has 1 aromatic carbocycles. The van der Waals surface area contributed by atoms with Crippen LogP contribution in [0.3, 0.4) is 0 Å². The van der Waals surface area contributed by atoms with E-state index in [1.807, 2.05) is 48.0 Å². The topological polar surface area (TPSA) is 49.3 Å². The average Bonchev–Trinajstić information content (AvgIpc) is 3.33. The minimum absolute atomic E-state index is 0.181. The Kier molecular flexibility index (Phi) is 5.43. The van der Waals surface area contributed by atoms with Gasteiger partial charge in [-0.25, -0.2) is 0 Å². The first-order valence-electron chi connectivity index (χ1n) is 7.98. The number of thioether (sulfide) groups is 1. The Morgan fingerprint density at radius 1 is 1.38 bits per heavy atom. The minimum atomic E-state index is -0.933. The van der Waals surface area contributed by atoms with Crippen molar-refractivity contribution in [3.8, 4) is 0 Å². The van der Waals surface area contributed by atoms with E-state index in [1.54, 1.807) is 29.2 Å². The number of hydrogen-bond donors (Lipinski definition) is 2. The van der Waals surface area contributed by atoms with Crippen LogP contribution in [0.2, 0.25) is 0 Å². The maximum absolute atomic E-state index is 12.1. The summed E-state index contributed by atoms with van der Waals surface area (Å²) in [6.07, 6.45) is 7.38. The molecular formula is C19H21NO2S2. The molecule has 1 saturated carbocycles. The molecule has 0 radical (unpaired) electrons. The highest BCUT2D eigenvalue weighted by Crippen LogP contribution is 2.46. The largest absolute Gasteiger partial charge is 0.382 e. The molecule has 1 fully saturated rings. The van der Waals surface area contributed by atoms with Gasteiger partial charge in [0.15, 0.2) is 0 Å². The van der Waals surface area contributed by atoms with Crippen molar-refractivity contribution in [1.29, 1.82) is 0 Å². The first-order valence-corrected chi connectivity index (χ1v) is 10.1. The van der Waals surface area contributed by atoms with Crippen LogP contribution in [0.25, 0.3) is 6.08 Å². The third-order valence-electron chi connectivity index (χ3n) is 4.28. The first-order chi connectivity index (χ1) is 11.6. The van der Waals surface area contributed by atoms with Crippen molar-refractivity contribution >= 4 is 35.1 Å². The molecule has 0 spiro atoms. The Morgan fingerprint density at radius 2 is 2.12 bits per heavy atom. The van der Waals surface area contributed by atoms with E-state index in [0.29, 0.717) is 0 Å². The molecule has 5 heteroatoms. The van der Waals surface area contributed by atoms with Gasteiger partial charge in [0, 0.05) is 15.8 Å². The zero-order chi connectivity index (χ0) is 17.0. The zero-order valence-corrected chi connectivity index (χ0v) is 15.2. The Morgan fingerprint density at radius 3 is 2.71 bits per heavy atom. The molecule has 1 heterocycles. The standard InChI is InChI=1S/C19H21NO2S2/c1-23-16-9-4-14(5-10-16)6-11-18(21)20-13-19(22,15-7-8-15)17-3-2-12-24-17/h2-6,9-12,15,22H,7-8,13H2,1H3,(H,20,21)/b11-6+. The van der Waals surface area contributed by atoms with Crippen LogP contribution in [0.1, 0.15) is 23.3 Å². The fraction of sp³-hybridized carbons (Fsp3) is 0.316. The Bertz CT molecular complexity index is 705. The highest BCUT2D eigenvalue weighted by Gasteiger charge is 2.45. The number of aliphatic hydroxyl groups is 1. The summed E-state index contributed by atoms with van der Waals surface area (Å²) in [5.41, 5.74) is 0.0520. The monoisotopic (exact) mass is 359 g/mol. The summed E-state index contributed by atoms with van der Waals surface area (Å²) < 4.78 is 0. The maximum atomic E-state index is 12.1. The van der Waals surface area contributed by atoms with E-state index in [2.05, 4.69) is 5.32 Å². The predicted octanol–water partition coefficient (Wildman–Crippen LogP) is 3.90. The highest BCUT2D eigenvalue weighted by molar-refractivity contribution is 7.98. The maximum Gasteiger partial charge on any atom is 0.244 e. The molecule has 3 nitrogen and oxygen atoms in total. The van der Waals surface area contributed by atoms with Crippen molar-refractivity contribution in [3.05, 3.63) is 58.3 Å². The van der Waals surface area contributed by atoms with Crippen LogP contribution < -0.4 is 5.32 Å². The van der Waals surface area contributed by atoms with Gasteiger partial charge in [-0.1, -0.05) is 18.2 Å². The van der Waals surface area contributed by atoms with Crippen molar-refractivity contribution < 1.29 is 9.90 Å². The molecule has 2 N–H and O–H groups in total.